The van der Waals surface area contributed by atoms with Crippen molar-refractivity contribution in [3.05, 3.63) is 200 Å². The molecule has 354 valence electrons. The minimum Gasteiger partial charge on any atom is -0.451 e. The first-order valence-corrected chi connectivity index (χ1v) is 19.2. The van der Waals surface area contributed by atoms with Crippen LogP contribution in [0.4, 0.5) is 79.0 Å². The van der Waals surface area contributed by atoms with Gasteiger partial charge in [0.2, 0.25) is 46.4 Å². The highest BCUT2D eigenvalue weighted by Crippen LogP contribution is 2.44. The van der Waals surface area contributed by atoms with Crippen molar-refractivity contribution in [1.82, 2.24) is 0 Å². The quantitative estimate of drug-likeness (QED) is 0.0772. The fraction of sp³-hybridized carbons (Fsp3) is 0.125. The highest BCUT2D eigenvalue weighted by Gasteiger charge is 2.37. The Morgan fingerprint density at radius 3 is 0.735 bits per heavy atom. The van der Waals surface area contributed by atoms with Crippen LogP contribution >= 0.6 is 0 Å². The molecule has 7 aromatic rings. The van der Waals surface area contributed by atoms with E-state index in [9.17, 15) is 43.9 Å². The maximum absolute atomic E-state index is 15.1. The Morgan fingerprint density at radius 1 is 0.265 bits per heavy atom. The molecule has 20 heteroatoms. The molecule has 0 aliphatic heterocycles. The van der Waals surface area contributed by atoms with Crippen LogP contribution in [0.5, 0.6) is 23.0 Å². The normalized spacial score (nSPS) is 12.0. The van der Waals surface area contributed by atoms with Crippen LogP contribution in [-0.2, 0) is 10.8 Å². The highest BCUT2D eigenvalue weighted by atomic mass is 19.2. The largest absolute Gasteiger partial charge is 0.451 e. The maximum Gasteiger partial charge on any atom is 0.205 e. The Morgan fingerprint density at radius 2 is 0.485 bits per heavy atom. The first-order valence-electron chi connectivity index (χ1n) is 19.2. The molecule has 0 atom stereocenters. The molecule has 0 bridgehead atoms. The van der Waals surface area contributed by atoms with E-state index >= 15 is 35.1 Å². The molecule has 0 saturated carbocycles. The van der Waals surface area contributed by atoms with Crippen molar-refractivity contribution in [2.24, 2.45) is 0 Å². The minimum absolute atomic E-state index is 0.422. The fourth-order valence-electron chi connectivity index (χ4n) is 7.24. The van der Waals surface area contributed by atoms with Crippen LogP contribution in [0, 0.1) is 105 Å². The summed E-state index contributed by atoms with van der Waals surface area (Å²) < 4.78 is 270. The fourth-order valence-corrected chi connectivity index (χ4v) is 7.24. The van der Waals surface area contributed by atoms with E-state index in [-0.39, 0.29) is 0 Å². The van der Waals surface area contributed by atoms with Crippen LogP contribution in [0.3, 0.4) is 0 Å². The lowest BCUT2D eigenvalue weighted by molar-refractivity contribution is 0.363. The third-order valence-corrected chi connectivity index (χ3v) is 11.3. The number of benzene rings is 7. The van der Waals surface area contributed by atoms with Crippen molar-refractivity contribution >= 4 is 0 Å². The molecule has 0 N–H and O–H groups in total. The number of rotatable bonds is 10. The van der Waals surface area contributed by atoms with Crippen molar-refractivity contribution < 1.29 is 88.5 Å². The Kier molecular flexibility index (Phi) is 12.6. The van der Waals surface area contributed by atoms with Crippen molar-refractivity contribution in [3.8, 4) is 45.3 Å². The summed E-state index contributed by atoms with van der Waals surface area (Å²) >= 11 is 0. The Bertz CT molecular complexity index is 2880. The third-order valence-electron chi connectivity index (χ3n) is 11.3. The molecular formula is C48H24F18O2. The van der Waals surface area contributed by atoms with Crippen LogP contribution in [0.1, 0.15) is 49.9 Å². The standard InChI is InChI=1S/C48H24F18O2/c1-47(2,17-8-12-21(13-9-17)67-45-41(63)31(53)25(32(54)42(45)64)23-27(49)35(57)39(61)36(58)28(23)50)19-6-5-7-20(16-19)48(3,4)18-10-14-22(15-11-18)68-46-43(65)33(55)26(34(56)44(46)66)24-29(51)37(59)40(62)38(60)30(24)52/h5-16H,1-4H3. The molecule has 0 aliphatic rings. The summed E-state index contributed by atoms with van der Waals surface area (Å²) in [6.45, 7) is 7.07. The lowest BCUT2D eigenvalue weighted by atomic mass is 9.73. The van der Waals surface area contributed by atoms with Gasteiger partial charge in [0.05, 0.1) is 22.3 Å². The summed E-state index contributed by atoms with van der Waals surface area (Å²) in [5, 5.41) is 0. The molecule has 0 amide bonds. The van der Waals surface area contributed by atoms with Crippen LogP contribution < -0.4 is 9.47 Å². The summed E-state index contributed by atoms with van der Waals surface area (Å²) in [4.78, 5) is 0. The molecule has 0 radical (unpaired) electrons. The van der Waals surface area contributed by atoms with Gasteiger partial charge < -0.3 is 9.47 Å². The average molecular weight is 975 g/mol. The summed E-state index contributed by atoms with van der Waals surface area (Å²) in [5.74, 6) is -50.8. The molecule has 0 fully saturated rings. The second-order valence-corrected chi connectivity index (χ2v) is 15.9. The van der Waals surface area contributed by atoms with E-state index < -0.39 is 161 Å². The minimum atomic E-state index is -2.71. The summed E-state index contributed by atoms with van der Waals surface area (Å²) in [6.07, 6.45) is 0. The number of ether oxygens (including phenoxy) is 2. The zero-order valence-electron chi connectivity index (χ0n) is 34.5. The molecule has 68 heavy (non-hydrogen) atoms. The van der Waals surface area contributed by atoms with Gasteiger partial charge in [0.15, 0.2) is 69.8 Å². The first-order chi connectivity index (χ1) is 31.7. The summed E-state index contributed by atoms with van der Waals surface area (Å²) in [6, 6.07) is 17.2. The Labute approximate surface area is 371 Å². The van der Waals surface area contributed by atoms with Gasteiger partial charge in [-0.05, 0) is 46.5 Å². The second kappa shape index (κ2) is 17.5. The van der Waals surface area contributed by atoms with E-state index in [1.165, 1.54) is 24.3 Å². The van der Waals surface area contributed by atoms with E-state index in [4.69, 9.17) is 9.47 Å². The van der Waals surface area contributed by atoms with Crippen molar-refractivity contribution in [2.75, 3.05) is 0 Å². The van der Waals surface area contributed by atoms with Crippen molar-refractivity contribution in [1.29, 1.82) is 0 Å². The molecule has 2 nitrogen and oxygen atoms in total. The van der Waals surface area contributed by atoms with Crippen LogP contribution in [0.15, 0.2) is 72.8 Å². The lowest BCUT2D eigenvalue weighted by Gasteiger charge is -2.31. The van der Waals surface area contributed by atoms with Gasteiger partial charge in [-0.25, -0.2) is 61.5 Å². The molecule has 0 aliphatic carbocycles. The van der Waals surface area contributed by atoms with Gasteiger partial charge in [0.25, 0.3) is 0 Å². The van der Waals surface area contributed by atoms with E-state index in [1.54, 1.807) is 52.0 Å². The number of hydrogen-bond donors (Lipinski definition) is 0. The summed E-state index contributed by atoms with van der Waals surface area (Å²) in [7, 11) is 0. The molecular weight excluding hydrogens is 950 g/mol. The van der Waals surface area contributed by atoms with Crippen LogP contribution in [0.25, 0.3) is 22.3 Å². The van der Waals surface area contributed by atoms with Gasteiger partial charge in [-0.15, -0.1) is 0 Å². The second-order valence-electron chi connectivity index (χ2n) is 15.9. The van der Waals surface area contributed by atoms with Crippen LogP contribution in [0.2, 0.25) is 0 Å². The average Bonchev–Trinajstić information content (AvgIpc) is 3.32. The molecule has 0 aromatic heterocycles. The zero-order valence-corrected chi connectivity index (χ0v) is 34.5. The zero-order chi connectivity index (χ0) is 50.2. The van der Waals surface area contributed by atoms with E-state index in [0.717, 1.165) is 24.3 Å². The Hall–Kier alpha value is -7.12. The molecule has 7 rings (SSSR count). The molecule has 0 heterocycles. The predicted octanol–water partition coefficient (Wildman–Crippen LogP) is 15.8. The van der Waals surface area contributed by atoms with E-state index in [0.29, 0.717) is 22.3 Å². The molecule has 7 aromatic carbocycles. The van der Waals surface area contributed by atoms with Gasteiger partial charge in [0, 0.05) is 10.8 Å². The SMILES string of the molecule is CC(C)(c1ccc(Oc2c(F)c(F)c(-c3c(F)c(F)c(F)c(F)c3F)c(F)c2F)cc1)c1cccc(C(C)(C)c2ccc(Oc3c(F)c(F)c(-c4c(F)c(F)c(F)c(F)c4F)c(F)c3F)cc2)c1. The maximum atomic E-state index is 15.1. The van der Waals surface area contributed by atoms with Gasteiger partial charge in [-0.3, -0.25) is 0 Å². The van der Waals surface area contributed by atoms with Crippen molar-refractivity contribution in [2.45, 2.75) is 38.5 Å². The topological polar surface area (TPSA) is 18.5 Å². The molecule has 0 spiro atoms. The van der Waals surface area contributed by atoms with Crippen LogP contribution in [-0.4, -0.2) is 0 Å². The van der Waals surface area contributed by atoms with Gasteiger partial charge in [-0.1, -0.05) is 76.2 Å². The van der Waals surface area contributed by atoms with Gasteiger partial charge in [0.1, 0.15) is 11.5 Å². The van der Waals surface area contributed by atoms with Gasteiger partial charge >= 0.3 is 0 Å². The molecule has 0 saturated heterocycles. The lowest BCUT2D eigenvalue weighted by Crippen LogP contribution is -2.22. The monoisotopic (exact) mass is 974 g/mol. The third kappa shape index (κ3) is 7.81. The van der Waals surface area contributed by atoms with Crippen molar-refractivity contribution in [3.63, 3.8) is 0 Å². The van der Waals surface area contributed by atoms with E-state index in [2.05, 4.69) is 0 Å². The van der Waals surface area contributed by atoms with E-state index in [1.807, 2.05) is 0 Å². The smallest absolute Gasteiger partial charge is 0.205 e. The number of hydrogen-bond acceptors (Lipinski definition) is 2. The molecule has 0 unspecified atom stereocenters. The number of halogens is 18. The highest BCUT2D eigenvalue weighted by molar-refractivity contribution is 5.70. The van der Waals surface area contributed by atoms with Gasteiger partial charge in [-0.2, -0.15) is 17.6 Å². The summed E-state index contributed by atoms with van der Waals surface area (Å²) in [5.41, 5.74) is -8.38. The Balaban J connectivity index is 1.12. The predicted molar refractivity (Wildman–Crippen MR) is 207 cm³/mol. The first kappa shape index (κ1) is 48.8.